The topological polar surface area (TPSA) is 75.7 Å². The van der Waals surface area contributed by atoms with Crippen LogP contribution >= 0.6 is 0 Å². The van der Waals surface area contributed by atoms with Gasteiger partial charge >= 0.3 is 0 Å². The molecule has 31 heavy (non-hydrogen) atoms. The van der Waals surface area contributed by atoms with Gasteiger partial charge in [-0.05, 0) is 61.9 Å². The number of rotatable bonds is 5. The zero-order valence-corrected chi connectivity index (χ0v) is 18.1. The highest BCUT2D eigenvalue weighted by atomic mass is 32.2. The lowest BCUT2D eigenvalue weighted by Crippen LogP contribution is -2.51. The Hall–Kier alpha value is -2.29. The summed E-state index contributed by atoms with van der Waals surface area (Å²) in [6.45, 7) is 1.84. The van der Waals surface area contributed by atoms with Gasteiger partial charge in [0.15, 0.2) is 0 Å². The van der Waals surface area contributed by atoms with Crippen molar-refractivity contribution >= 4 is 15.9 Å². The lowest BCUT2D eigenvalue weighted by Gasteiger charge is -2.45. The minimum atomic E-state index is -3.72. The van der Waals surface area contributed by atoms with Crippen LogP contribution in [0.15, 0.2) is 59.5 Å². The maximum atomic E-state index is 13.5. The molecule has 0 radical (unpaired) electrons. The summed E-state index contributed by atoms with van der Waals surface area (Å²) in [5, 5.41) is 3.01. The number of carbonyl (C=O) groups is 1. The van der Waals surface area contributed by atoms with E-state index in [9.17, 15) is 17.6 Å². The van der Waals surface area contributed by atoms with Crippen LogP contribution in [0.2, 0.25) is 0 Å². The second kappa shape index (κ2) is 9.06. The molecule has 1 spiro atoms. The maximum Gasteiger partial charge on any atom is 0.251 e. The van der Waals surface area contributed by atoms with Crippen LogP contribution in [0.3, 0.4) is 0 Å². The maximum absolute atomic E-state index is 13.5. The molecule has 1 atom stereocenters. The highest BCUT2D eigenvalue weighted by Gasteiger charge is 2.42. The molecule has 0 bridgehead atoms. The first-order valence-corrected chi connectivity index (χ1v) is 12.0. The second-order valence-corrected chi connectivity index (χ2v) is 10.3. The number of carbonyl (C=O) groups excluding carboxylic acids is 1. The van der Waals surface area contributed by atoms with Crippen molar-refractivity contribution < 1.29 is 22.3 Å². The fourth-order valence-corrected chi connectivity index (χ4v) is 5.96. The van der Waals surface area contributed by atoms with E-state index in [1.165, 1.54) is 22.5 Å². The molecule has 2 aliphatic heterocycles. The summed E-state index contributed by atoms with van der Waals surface area (Å²) < 4.78 is 46.7. The Kier molecular flexibility index (Phi) is 6.41. The largest absolute Gasteiger partial charge is 0.375 e. The predicted molar refractivity (Wildman–Crippen MR) is 115 cm³/mol. The molecule has 1 unspecified atom stereocenters. The van der Waals surface area contributed by atoms with Crippen LogP contribution in [0.1, 0.15) is 36.0 Å². The van der Waals surface area contributed by atoms with Gasteiger partial charge in [-0.25, -0.2) is 12.8 Å². The minimum absolute atomic E-state index is 0.0190. The Balaban J connectivity index is 1.34. The Morgan fingerprint density at radius 1 is 1.13 bits per heavy atom. The van der Waals surface area contributed by atoms with E-state index in [4.69, 9.17) is 4.74 Å². The molecule has 0 aromatic heterocycles. The monoisotopic (exact) mass is 446 g/mol. The molecule has 166 valence electrons. The average Bonchev–Trinajstić information content (AvgIpc) is 2.78. The molecule has 1 N–H and O–H groups in total. The first-order valence-electron chi connectivity index (χ1n) is 10.6. The standard InChI is InChI=1S/C23H27FN2O4S/c24-20-7-4-8-21(15-20)31(28,29)26-12-10-23(11-13-26)16-18(9-14-30-23)17-25-22(27)19-5-2-1-3-6-19/h1-8,15,18H,9-14,16-17H2,(H,25,27). The summed E-state index contributed by atoms with van der Waals surface area (Å²) in [6.07, 6.45) is 2.83. The van der Waals surface area contributed by atoms with Crippen molar-refractivity contribution in [3.05, 3.63) is 66.0 Å². The molecule has 0 aliphatic carbocycles. The zero-order valence-electron chi connectivity index (χ0n) is 17.3. The van der Waals surface area contributed by atoms with Gasteiger partial charge < -0.3 is 10.1 Å². The number of nitrogens with zero attached hydrogens (tertiary/aromatic N) is 1. The molecular weight excluding hydrogens is 419 g/mol. The molecule has 4 rings (SSSR count). The molecule has 6 nitrogen and oxygen atoms in total. The molecule has 2 heterocycles. The van der Waals surface area contributed by atoms with Crippen LogP contribution in [0.5, 0.6) is 0 Å². The average molecular weight is 447 g/mol. The summed E-state index contributed by atoms with van der Waals surface area (Å²) in [5.41, 5.74) is 0.272. The number of hydrogen-bond donors (Lipinski definition) is 1. The van der Waals surface area contributed by atoms with E-state index < -0.39 is 15.8 Å². The van der Waals surface area contributed by atoms with Crippen LogP contribution < -0.4 is 5.32 Å². The van der Waals surface area contributed by atoms with E-state index in [-0.39, 0.29) is 22.3 Å². The van der Waals surface area contributed by atoms with Crippen LogP contribution in [0, 0.1) is 11.7 Å². The molecule has 2 saturated heterocycles. The molecule has 2 aliphatic rings. The molecule has 1 amide bonds. The first-order chi connectivity index (χ1) is 14.9. The number of ether oxygens (including phenoxy) is 1. The predicted octanol–water partition coefficient (Wildman–Crippen LogP) is 3.21. The van der Waals surface area contributed by atoms with Gasteiger partial charge in [0.2, 0.25) is 10.0 Å². The second-order valence-electron chi connectivity index (χ2n) is 8.33. The van der Waals surface area contributed by atoms with Gasteiger partial charge in [0.25, 0.3) is 5.91 Å². The third kappa shape index (κ3) is 4.97. The van der Waals surface area contributed by atoms with Crippen molar-refractivity contribution in [2.75, 3.05) is 26.2 Å². The minimum Gasteiger partial charge on any atom is -0.375 e. The normalized spacial score (nSPS) is 21.6. The molecular formula is C23H27FN2O4S. The Bertz CT molecular complexity index is 1020. The summed E-state index contributed by atoms with van der Waals surface area (Å²) in [4.78, 5) is 12.3. The molecule has 2 aromatic carbocycles. The third-order valence-corrected chi connectivity index (χ3v) is 8.14. The van der Waals surface area contributed by atoms with E-state index in [1.54, 1.807) is 12.1 Å². The molecule has 8 heteroatoms. The van der Waals surface area contributed by atoms with Gasteiger partial charge in [-0.1, -0.05) is 24.3 Å². The van der Waals surface area contributed by atoms with E-state index in [1.807, 2.05) is 18.2 Å². The number of piperidine rings is 1. The summed E-state index contributed by atoms with van der Waals surface area (Å²) in [5.74, 6) is -0.365. The van der Waals surface area contributed by atoms with Crippen LogP contribution in [-0.2, 0) is 14.8 Å². The van der Waals surface area contributed by atoms with Gasteiger partial charge in [0, 0.05) is 31.8 Å². The lowest BCUT2D eigenvalue weighted by atomic mass is 9.80. The van der Waals surface area contributed by atoms with Crippen LogP contribution in [0.4, 0.5) is 4.39 Å². The highest BCUT2D eigenvalue weighted by molar-refractivity contribution is 7.89. The zero-order chi connectivity index (χ0) is 21.9. The number of halogens is 1. The van der Waals surface area contributed by atoms with Gasteiger partial charge in [0.05, 0.1) is 10.5 Å². The first kappa shape index (κ1) is 21.9. The smallest absolute Gasteiger partial charge is 0.251 e. The van der Waals surface area contributed by atoms with Gasteiger partial charge in [0.1, 0.15) is 5.82 Å². The number of amides is 1. The van der Waals surface area contributed by atoms with Crippen molar-refractivity contribution in [2.24, 2.45) is 5.92 Å². The van der Waals surface area contributed by atoms with Crippen LogP contribution in [-0.4, -0.2) is 50.5 Å². The van der Waals surface area contributed by atoms with Crippen molar-refractivity contribution in [3.8, 4) is 0 Å². The fraction of sp³-hybridized carbons (Fsp3) is 0.435. The quantitative estimate of drug-likeness (QED) is 0.765. The van der Waals surface area contributed by atoms with E-state index in [2.05, 4.69) is 5.32 Å². The Morgan fingerprint density at radius 2 is 1.87 bits per heavy atom. The summed E-state index contributed by atoms with van der Waals surface area (Å²) in [7, 11) is -3.72. The fourth-order valence-electron chi connectivity index (χ4n) is 4.49. The van der Waals surface area contributed by atoms with E-state index in [0.717, 1.165) is 18.9 Å². The SMILES string of the molecule is O=C(NCC1CCOC2(CCN(S(=O)(=O)c3cccc(F)c3)CC2)C1)c1ccccc1. The van der Waals surface area contributed by atoms with Crippen molar-refractivity contribution in [1.82, 2.24) is 9.62 Å². The van der Waals surface area contributed by atoms with Gasteiger partial charge in [-0.3, -0.25) is 4.79 Å². The van der Waals surface area contributed by atoms with Crippen molar-refractivity contribution in [2.45, 2.75) is 36.2 Å². The molecule has 0 saturated carbocycles. The number of hydrogen-bond acceptors (Lipinski definition) is 4. The lowest BCUT2D eigenvalue weighted by molar-refractivity contribution is -0.119. The van der Waals surface area contributed by atoms with Crippen molar-refractivity contribution in [3.63, 3.8) is 0 Å². The van der Waals surface area contributed by atoms with E-state index >= 15 is 0 Å². The van der Waals surface area contributed by atoms with E-state index in [0.29, 0.717) is 44.6 Å². The number of benzene rings is 2. The van der Waals surface area contributed by atoms with Crippen LogP contribution in [0.25, 0.3) is 0 Å². The van der Waals surface area contributed by atoms with Gasteiger partial charge in [-0.2, -0.15) is 4.31 Å². The highest BCUT2D eigenvalue weighted by Crippen LogP contribution is 2.38. The summed E-state index contributed by atoms with van der Waals surface area (Å²) >= 11 is 0. The van der Waals surface area contributed by atoms with Gasteiger partial charge in [-0.15, -0.1) is 0 Å². The number of nitrogens with one attached hydrogen (secondary N) is 1. The Labute approximate surface area is 182 Å². The Morgan fingerprint density at radius 3 is 2.58 bits per heavy atom. The molecule has 2 aromatic rings. The third-order valence-electron chi connectivity index (χ3n) is 6.25. The summed E-state index contributed by atoms with van der Waals surface area (Å²) in [6, 6.07) is 14.2. The van der Waals surface area contributed by atoms with Crippen molar-refractivity contribution in [1.29, 1.82) is 0 Å². The molecule has 2 fully saturated rings. The number of sulfonamides is 1.